The van der Waals surface area contributed by atoms with Gasteiger partial charge in [-0.1, -0.05) is 18.2 Å². The molecule has 0 unspecified atom stereocenters. The van der Waals surface area contributed by atoms with Gasteiger partial charge in [0.1, 0.15) is 5.75 Å². The number of hydrogen-bond acceptors (Lipinski definition) is 3. The number of rotatable bonds is 1. The van der Waals surface area contributed by atoms with Crippen LogP contribution in [0.2, 0.25) is 0 Å². The fraction of sp³-hybridized carbons (Fsp3) is 0.111. The maximum Gasteiger partial charge on any atom is 0.271 e. The normalized spacial score (nSPS) is 15.4. The minimum Gasteiger partial charge on any atom is -0.444 e. The summed E-state index contributed by atoms with van der Waals surface area (Å²) in [5, 5.41) is 4.78. The molecule has 0 saturated heterocycles. The molecule has 0 aliphatic carbocycles. The fourth-order valence-electron chi connectivity index (χ4n) is 1.29. The van der Waals surface area contributed by atoms with Crippen LogP contribution in [0.25, 0.3) is 0 Å². The highest BCUT2D eigenvalue weighted by molar-refractivity contribution is 7.92. The minimum absolute atomic E-state index is 0.170. The summed E-state index contributed by atoms with van der Waals surface area (Å²) in [6.45, 7) is 0. The van der Waals surface area contributed by atoms with Crippen molar-refractivity contribution in [2.24, 2.45) is 5.14 Å². The number of para-hydroxylation sites is 1. The topological polar surface area (TPSA) is 69.4 Å². The van der Waals surface area contributed by atoms with E-state index in [9.17, 15) is 8.42 Å². The van der Waals surface area contributed by atoms with Crippen LogP contribution in [0, 0.1) is 0 Å². The third kappa shape index (κ3) is 1.64. The molecule has 0 saturated carbocycles. The van der Waals surface area contributed by atoms with Gasteiger partial charge in [0.15, 0.2) is 0 Å². The molecule has 0 amide bonds. The summed E-state index contributed by atoms with van der Waals surface area (Å²) >= 11 is 0. The lowest BCUT2D eigenvalue weighted by atomic mass is 10.1. The van der Waals surface area contributed by atoms with E-state index in [-0.39, 0.29) is 5.09 Å². The molecule has 1 aromatic rings. The van der Waals surface area contributed by atoms with Crippen molar-refractivity contribution < 1.29 is 13.2 Å². The van der Waals surface area contributed by atoms with Crippen molar-refractivity contribution in [3.05, 3.63) is 41.0 Å². The first-order chi connectivity index (χ1) is 6.57. The first kappa shape index (κ1) is 9.23. The van der Waals surface area contributed by atoms with Gasteiger partial charge in [-0.3, -0.25) is 0 Å². The lowest BCUT2D eigenvalue weighted by Gasteiger charge is -2.15. The van der Waals surface area contributed by atoms with Gasteiger partial charge in [0, 0.05) is 0 Å². The van der Waals surface area contributed by atoms with Crippen molar-refractivity contribution >= 4 is 10.0 Å². The van der Waals surface area contributed by atoms with Crippen molar-refractivity contribution in [1.29, 1.82) is 0 Å². The van der Waals surface area contributed by atoms with Gasteiger partial charge in [0.25, 0.3) is 10.0 Å². The van der Waals surface area contributed by atoms with E-state index < -0.39 is 10.0 Å². The molecule has 1 aliphatic rings. The summed E-state index contributed by atoms with van der Waals surface area (Å²) in [5.41, 5.74) is 0.958. The molecule has 1 aromatic carbocycles. The Kier molecular flexibility index (Phi) is 2.05. The van der Waals surface area contributed by atoms with Crippen LogP contribution >= 0.6 is 0 Å². The molecule has 0 atom stereocenters. The smallest absolute Gasteiger partial charge is 0.271 e. The largest absolute Gasteiger partial charge is 0.444 e. The molecule has 14 heavy (non-hydrogen) atoms. The first-order valence-corrected chi connectivity index (χ1v) is 5.61. The van der Waals surface area contributed by atoms with Crippen LogP contribution in [0.15, 0.2) is 35.4 Å². The first-order valence-electron chi connectivity index (χ1n) is 4.06. The van der Waals surface area contributed by atoms with Crippen molar-refractivity contribution in [3.8, 4) is 5.75 Å². The van der Waals surface area contributed by atoms with Crippen LogP contribution in [-0.4, -0.2) is 8.42 Å². The van der Waals surface area contributed by atoms with Gasteiger partial charge in [-0.05, 0) is 24.1 Å². The number of fused-ring (bicyclic) bond motifs is 1. The zero-order chi connectivity index (χ0) is 10.2. The lowest BCUT2D eigenvalue weighted by molar-refractivity contribution is 0.434. The average molecular weight is 211 g/mol. The van der Waals surface area contributed by atoms with Gasteiger partial charge in [0.05, 0.1) is 0 Å². The van der Waals surface area contributed by atoms with Crippen LogP contribution in [0.5, 0.6) is 5.75 Å². The molecule has 0 bridgehead atoms. The second kappa shape index (κ2) is 3.11. The molecule has 1 aliphatic heterocycles. The summed E-state index contributed by atoms with van der Waals surface area (Å²) < 4.78 is 27.1. The lowest BCUT2D eigenvalue weighted by Crippen LogP contribution is -2.21. The van der Waals surface area contributed by atoms with Crippen molar-refractivity contribution in [3.63, 3.8) is 0 Å². The molecule has 1 heterocycles. The molecule has 74 valence electrons. The fourth-order valence-corrected chi connectivity index (χ4v) is 1.81. The zero-order valence-electron chi connectivity index (χ0n) is 7.30. The van der Waals surface area contributed by atoms with E-state index >= 15 is 0 Å². The highest BCUT2D eigenvalue weighted by Crippen LogP contribution is 2.26. The van der Waals surface area contributed by atoms with Crippen LogP contribution in [0.1, 0.15) is 5.56 Å². The Morgan fingerprint density at radius 2 is 2.00 bits per heavy atom. The molecule has 0 radical (unpaired) electrons. The number of hydrogen-bond donors (Lipinski definition) is 1. The van der Waals surface area contributed by atoms with E-state index in [1.165, 1.54) is 6.08 Å². The van der Waals surface area contributed by atoms with Gasteiger partial charge in [-0.15, -0.1) is 0 Å². The number of primary sulfonamides is 1. The van der Waals surface area contributed by atoms with Gasteiger partial charge in [0.2, 0.25) is 5.09 Å². The molecule has 0 spiro atoms. The quantitative estimate of drug-likeness (QED) is 0.745. The SMILES string of the molecule is NS(=O)(=O)C1=CCc2ccccc2O1. The molecule has 2 N–H and O–H groups in total. The van der Waals surface area contributed by atoms with Crippen LogP contribution in [0.4, 0.5) is 0 Å². The Morgan fingerprint density at radius 3 is 2.71 bits per heavy atom. The summed E-state index contributed by atoms with van der Waals surface area (Å²) in [4.78, 5) is 0. The van der Waals surface area contributed by atoms with Crippen LogP contribution in [-0.2, 0) is 16.4 Å². The Hall–Kier alpha value is -1.33. The second-order valence-electron chi connectivity index (χ2n) is 2.98. The van der Waals surface area contributed by atoms with Gasteiger partial charge in [-0.25, -0.2) is 13.6 Å². The third-order valence-electron chi connectivity index (χ3n) is 1.95. The third-order valence-corrected chi connectivity index (χ3v) is 2.76. The highest BCUT2D eigenvalue weighted by Gasteiger charge is 2.19. The summed E-state index contributed by atoms with van der Waals surface area (Å²) in [7, 11) is -3.73. The Labute approximate surface area is 82.0 Å². The van der Waals surface area contributed by atoms with E-state index in [1.54, 1.807) is 12.1 Å². The molecule has 4 nitrogen and oxygen atoms in total. The van der Waals surface area contributed by atoms with E-state index in [2.05, 4.69) is 0 Å². The van der Waals surface area contributed by atoms with Crippen molar-refractivity contribution in [1.82, 2.24) is 0 Å². The van der Waals surface area contributed by atoms with Gasteiger partial charge >= 0.3 is 0 Å². The number of sulfonamides is 1. The summed E-state index contributed by atoms with van der Waals surface area (Å²) in [6.07, 6.45) is 2.00. The standard InChI is InChI=1S/C9H9NO3S/c10-14(11,12)9-6-5-7-3-1-2-4-8(7)13-9/h1-4,6H,5H2,(H2,10,11,12). The van der Waals surface area contributed by atoms with Crippen LogP contribution in [0.3, 0.4) is 0 Å². The Bertz CT molecular complexity index is 491. The second-order valence-corrected chi connectivity index (χ2v) is 4.47. The predicted molar refractivity (Wildman–Crippen MR) is 52.0 cm³/mol. The highest BCUT2D eigenvalue weighted by atomic mass is 32.2. The van der Waals surface area contributed by atoms with E-state index in [4.69, 9.17) is 9.88 Å². The average Bonchev–Trinajstić information content (AvgIpc) is 2.16. The minimum atomic E-state index is -3.73. The van der Waals surface area contributed by atoms with Gasteiger partial charge < -0.3 is 4.74 Å². The molecule has 0 aromatic heterocycles. The number of ether oxygens (including phenoxy) is 1. The summed E-state index contributed by atoms with van der Waals surface area (Å²) in [6, 6.07) is 7.25. The maximum absolute atomic E-state index is 11.0. The molecule has 2 rings (SSSR count). The maximum atomic E-state index is 11.0. The van der Waals surface area contributed by atoms with Crippen molar-refractivity contribution in [2.75, 3.05) is 0 Å². The molecular weight excluding hydrogens is 202 g/mol. The summed E-state index contributed by atoms with van der Waals surface area (Å²) in [5.74, 6) is 0.555. The van der Waals surface area contributed by atoms with E-state index in [0.717, 1.165) is 5.56 Å². The number of benzene rings is 1. The van der Waals surface area contributed by atoms with Gasteiger partial charge in [-0.2, -0.15) is 0 Å². The molecule has 5 heteroatoms. The Balaban J connectivity index is 2.39. The number of allylic oxidation sites excluding steroid dienone is 1. The number of nitrogens with two attached hydrogens (primary N) is 1. The van der Waals surface area contributed by atoms with E-state index in [1.807, 2.05) is 12.1 Å². The van der Waals surface area contributed by atoms with E-state index in [0.29, 0.717) is 12.2 Å². The monoisotopic (exact) mass is 211 g/mol. The Morgan fingerprint density at radius 1 is 1.29 bits per heavy atom. The molecule has 0 fully saturated rings. The zero-order valence-corrected chi connectivity index (χ0v) is 8.12. The molecular formula is C9H9NO3S. The van der Waals surface area contributed by atoms with Crippen LogP contribution < -0.4 is 9.88 Å². The van der Waals surface area contributed by atoms with Crippen molar-refractivity contribution in [2.45, 2.75) is 6.42 Å². The predicted octanol–water partition coefficient (Wildman–Crippen LogP) is 0.751.